The molecule has 1 atom stereocenters. The van der Waals surface area contributed by atoms with Crippen LogP contribution in [0.2, 0.25) is 0 Å². The third kappa shape index (κ3) is 6.99. The first-order valence-electron chi connectivity index (χ1n) is 8.64. The van der Waals surface area contributed by atoms with Gasteiger partial charge in [0.25, 0.3) is 5.91 Å². The summed E-state index contributed by atoms with van der Waals surface area (Å²) in [6.07, 6.45) is 0.204. The third-order valence-corrected chi connectivity index (χ3v) is 3.88. The van der Waals surface area contributed by atoms with Crippen LogP contribution in [0.15, 0.2) is 54.6 Å². The Hall–Kier alpha value is -3.55. The van der Waals surface area contributed by atoms with E-state index >= 15 is 0 Å². The van der Waals surface area contributed by atoms with Crippen LogP contribution in [0, 0.1) is 0 Å². The topological polar surface area (TPSA) is 120 Å². The van der Waals surface area contributed by atoms with E-state index in [1.807, 2.05) is 42.5 Å². The number of benzene rings is 2. The van der Waals surface area contributed by atoms with Crippen LogP contribution in [0.1, 0.15) is 11.1 Å². The lowest BCUT2D eigenvalue weighted by atomic mass is 10.1. The van der Waals surface area contributed by atoms with E-state index in [9.17, 15) is 14.4 Å². The number of carbonyl (C=O) groups excluding carboxylic acids is 3. The number of esters is 1. The first kappa shape index (κ1) is 20.8. The minimum atomic E-state index is -0.978. The molecule has 148 valence electrons. The van der Waals surface area contributed by atoms with Crippen LogP contribution >= 0.6 is 0 Å². The molecule has 2 rings (SSSR count). The van der Waals surface area contributed by atoms with Crippen molar-refractivity contribution in [2.75, 3.05) is 13.7 Å². The van der Waals surface area contributed by atoms with Gasteiger partial charge in [0.1, 0.15) is 11.8 Å². The Balaban J connectivity index is 1.82. The zero-order valence-electron chi connectivity index (χ0n) is 15.5. The molecule has 0 fully saturated rings. The second-order valence-corrected chi connectivity index (χ2v) is 5.98. The van der Waals surface area contributed by atoms with Gasteiger partial charge >= 0.3 is 12.0 Å². The average molecular weight is 385 g/mol. The van der Waals surface area contributed by atoms with Gasteiger partial charge in [-0.15, -0.1) is 0 Å². The van der Waals surface area contributed by atoms with Crippen molar-refractivity contribution in [2.45, 2.75) is 19.0 Å². The predicted octanol–water partition coefficient (Wildman–Crippen LogP) is 1.13. The van der Waals surface area contributed by atoms with Crippen LogP contribution in [-0.2, 0) is 27.3 Å². The highest BCUT2D eigenvalue weighted by molar-refractivity contribution is 5.85. The lowest BCUT2D eigenvalue weighted by Gasteiger charge is -2.16. The summed E-state index contributed by atoms with van der Waals surface area (Å²) in [7, 11) is 1.57. The predicted molar refractivity (Wildman–Crippen MR) is 102 cm³/mol. The van der Waals surface area contributed by atoms with E-state index in [0.717, 1.165) is 16.9 Å². The van der Waals surface area contributed by atoms with Gasteiger partial charge in [0.2, 0.25) is 0 Å². The van der Waals surface area contributed by atoms with Crippen molar-refractivity contribution in [1.82, 2.24) is 10.6 Å². The lowest BCUT2D eigenvalue weighted by molar-refractivity contribution is -0.150. The molecule has 2 aromatic carbocycles. The van der Waals surface area contributed by atoms with Gasteiger partial charge in [-0.25, -0.2) is 9.59 Å². The van der Waals surface area contributed by atoms with E-state index in [1.165, 1.54) is 0 Å². The van der Waals surface area contributed by atoms with E-state index in [0.29, 0.717) is 0 Å². The Kier molecular flexibility index (Phi) is 7.83. The fraction of sp³-hybridized carbons (Fsp3) is 0.250. The summed E-state index contributed by atoms with van der Waals surface area (Å²) in [5, 5.41) is 4.99. The standard InChI is InChI=1S/C20H23N3O5/c1-27-16-9-7-15(8-10-16)12-22-18(24)13-28-19(25)17(23-20(21)26)11-14-5-3-2-4-6-14/h2-10,17H,11-13H2,1H3,(H,22,24)(H3,21,23,26)/t17-/m0/s1. The average Bonchev–Trinajstić information content (AvgIpc) is 2.70. The molecule has 0 unspecified atom stereocenters. The van der Waals surface area contributed by atoms with Crippen molar-refractivity contribution in [3.63, 3.8) is 0 Å². The molecule has 4 N–H and O–H groups in total. The van der Waals surface area contributed by atoms with Crippen molar-refractivity contribution < 1.29 is 23.9 Å². The molecule has 0 heterocycles. The molecule has 2 aromatic rings. The quantitative estimate of drug-likeness (QED) is 0.559. The van der Waals surface area contributed by atoms with Gasteiger partial charge in [0.05, 0.1) is 7.11 Å². The number of hydrogen-bond donors (Lipinski definition) is 3. The smallest absolute Gasteiger partial charge is 0.329 e. The van der Waals surface area contributed by atoms with Gasteiger partial charge in [-0.2, -0.15) is 0 Å². The summed E-state index contributed by atoms with van der Waals surface area (Å²) in [6, 6.07) is 14.5. The van der Waals surface area contributed by atoms with Crippen molar-refractivity contribution in [3.8, 4) is 5.75 Å². The summed E-state index contributed by atoms with van der Waals surface area (Å²) in [6.45, 7) is -0.173. The van der Waals surface area contributed by atoms with Crippen LogP contribution in [-0.4, -0.2) is 37.7 Å². The molecule has 0 radical (unpaired) electrons. The Morgan fingerprint density at radius 3 is 2.29 bits per heavy atom. The molecule has 0 saturated carbocycles. The van der Waals surface area contributed by atoms with Crippen LogP contribution in [0.5, 0.6) is 5.75 Å². The van der Waals surface area contributed by atoms with Gasteiger partial charge in [-0.3, -0.25) is 4.79 Å². The highest BCUT2D eigenvalue weighted by Gasteiger charge is 2.22. The summed E-state index contributed by atoms with van der Waals surface area (Å²) in [5.41, 5.74) is 6.82. The van der Waals surface area contributed by atoms with Gasteiger partial charge in [-0.1, -0.05) is 42.5 Å². The number of primary amides is 1. The minimum Gasteiger partial charge on any atom is -0.497 e. The number of nitrogens with two attached hydrogens (primary N) is 1. The lowest BCUT2D eigenvalue weighted by Crippen LogP contribution is -2.46. The molecule has 0 bridgehead atoms. The largest absolute Gasteiger partial charge is 0.497 e. The number of carbonyl (C=O) groups is 3. The number of ether oxygens (including phenoxy) is 2. The zero-order valence-corrected chi connectivity index (χ0v) is 15.5. The summed E-state index contributed by atoms with van der Waals surface area (Å²) < 4.78 is 10.1. The van der Waals surface area contributed by atoms with Crippen LogP contribution in [0.25, 0.3) is 0 Å². The van der Waals surface area contributed by atoms with Crippen LogP contribution < -0.4 is 21.1 Å². The van der Waals surface area contributed by atoms with E-state index in [-0.39, 0.29) is 13.0 Å². The maximum atomic E-state index is 12.2. The highest BCUT2D eigenvalue weighted by Crippen LogP contribution is 2.11. The second-order valence-electron chi connectivity index (χ2n) is 5.98. The molecule has 0 saturated heterocycles. The monoisotopic (exact) mass is 385 g/mol. The second kappa shape index (κ2) is 10.6. The van der Waals surface area contributed by atoms with E-state index in [4.69, 9.17) is 15.2 Å². The van der Waals surface area contributed by atoms with E-state index < -0.39 is 30.6 Å². The maximum absolute atomic E-state index is 12.2. The van der Waals surface area contributed by atoms with Crippen LogP contribution in [0.4, 0.5) is 4.79 Å². The minimum absolute atomic E-state index is 0.204. The maximum Gasteiger partial charge on any atom is 0.329 e. The Bertz CT molecular complexity index is 793. The summed E-state index contributed by atoms with van der Waals surface area (Å²) in [5.74, 6) is -0.473. The number of amides is 3. The Labute approximate surface area is 163 Å². The first-order chi connectivity index (χ1) is 13.5. The van der Waals surface area contributed by atoms with Crippen molar-refractivity contribution in [1.29, 1.82) is 0 Å². The fourth-order valence-corrected chi connectivity index (χ4v) is 2.45. The molecular weight excluding hydrogens is 362 g/mol. The van der Waals surface area contributed by atoms with Crippen molar-refractivity contribution >= 4 is 17.9 Å². The van der Waals surface area contributed by atoms with Crippen molar-refractivity contribution in [3.05, 3.63) is 65.7 Å². The molecular formula is C20H23N3O5. The SMILES string of the molecule is COc1ccc(CNC(=O)COC(=O)[C@H](Cc2ccccc2)NC(N)=O)cc1. The molecule has 0 aliphatic carbocycles. The fourth-order valence-electron chi connectivity index (χ4n) is 2.45. The number of urea groups is 1. The van der Waals surface area contributed by atoms with Gasteiger partial charge in [0.15, 0.2) is 6.61 Å². The molecule has 0 aliphatic rings. The normalized spacial score (nSPS) is 11.2. The highest BCUT2D eigenvalue weighted by atomic mass is 16.5. The Morgan fingerprint density at radius 1 is 1.00 bits per heavy atom. The first-order valence-corrected chi connectivity index (χ1v) is 8.64. The zero-order chi connectivity index (χ0) is 20.4. The molecule has 0 aliphatic heterocycles. The summed E-state index contributed by atoms with van der Waals surface area (Å²) >= 11 is 0. The molecule has 0 spiro atoms. The molecule has 28 heavy (non-hydrogen) atoms. The molecule has 3 amide bonds. The number of rotatable bonds is 9. The van der Waals surface area contributed by atoms with Crippen molar-refractivity contribution in [2.24, 2.45) is 5.73 Å². The molecule has 8 nitrogen and oxygen atoms in total. The number of nitrogens with one attached hydrogen (secondary N) is 2. The molecule has 0 aromatic heterocycles. The van der Waals surface area contributed by atoms with Gasteiger partial charge in [0, 0.05) is 13.0 Å². The van der Waals surface area contributed by atoms with Crippen LogP contribution in [0.3, 0.4) is 0 Å². The van der Waals surface area contributed by atoms with Gasteiger partial charge in [-0.05, 0) is 23.3 Å². The van der Waals surface area contributed by atoms with E-state index in [2.05, 4.69) is 10.6 Å². The third-order valence-electron chi connectivity index (χ3n) is 3.88. The number of methoxy groups -OCH3 is 1. The Morgan fingerprint density at radius 2 is 1.68 bits per heavy atom. The van der Waals surface area contributed by atoms with Gasteiger partial charge < -0.3 is 25.8 Å². The molecule has 8 heteroatoms. The van der Waals surface area contributed by atoms with E-state index in [1.54, 1.807) is 19.2 Å². The number of hydrogen-bond acceptors (Lipinski definition) is 5. The summed E-state index contributed by atoms with van der Waals surface area (Å²) in [4.78, 5) is 35.3.